The third kappa shape index (κ3) is 5.35. The van der Waals surface area contributed by atoms with Gasteiger partial charge in [-0.1, -0.05) is 37.8 Å². The van der Waals surface area contributed by atoms with Crippen LogP contribution < -0.4 is 0 Å². The van der Waals surface area contributed by atoms with Crippen molar-refractivity contribution < 1.29 is 9.84 Å². The van der Waals surface area contributed by atoms with Gasteiger partial charge in [-0.25, -0.2) is 0 Å². The number of hydrogen-bond donors (Lipinski definition) is 1. The number of benzene rings is 1. The van der Waals surface area contributed by atoms with Gasteiger partial charge in [0.25, 0.3) is 0 Å². The van der Waals surface area contributed by atoms with Gasteiger partial charge in [-0.3, -0.25) is 0 Å². The van der Waals surface area contributed by atoms with Crippen molar-refractivity contribution >= 4 is 0 Å². The molecule has 0 aromatic heterocycles. The quantitative estimate of drug-likeness (QED) is 0.809. The molecular formula is C16H22O2. The Labute approximate surface area is 110 Å². The minimum atomic E-state index is 0.117. The average molecular weight is 246 g/mol. The van der Waals surface area contributed by atoms with Crippen LogP contribution in [0.3, 0.4) is 0 Å². The normalized spacial score (nSPS) is 12.1. The largest absolute Gasteiger partial charge is 0.395 e. The summed E-state index contributed by atoms with van der Waals surface area (Å²) in [5.41, 5.74) is 2.14. The third-order valence-corrected chi connectivity index (χ3v) is 2.88. The molecule has 1 rings (SSSR count). The van der Waals surface area contributed by atoms with E-state index in [9.17, 15) is 0 Å². The molecule has 1 unspecified atom stereocenters. The zero-order valence-corrected chi connectivity index (χ0v) is 11.4. The number of aliphatic hydroxyl groups excluding tert-OH is 1. The van der Waals surface area contributed by atoms with Crippen molar-refractivity contribution in [2.45, 2.75) is 39.9 Å². The standard InChI is InChI=1S/C16H22O2/c1-13(2)14(3)18-12-16-9-7-15(8-10-16)6-4-5-11-17/h7-10,13-14,17H,5,11-12H2,1-3H3. The second-order valence-electron chi connectivity index (χ2n) is 4.73. The van der Waals surface area contributed by atoms with Crippen molar-refractivity contribution in [1.82, 2.24) is 0 Å². The van der Waals surface area contributed by atoms with Gasteiger partial charge in [-0.05, 0) is 30.5 Å². The molecular weight excluding hydrogens is 224 g/mol. The molecule has 0 heterocycles. The van der Waals surface area contributed by atoms with E-state index in [4.69, 9.17) is 9.84 Å². The lowest BCUT2D eigenvalue weighted by molar-refractivity contribution is 0.0235. The first kappa shape index (κ1) is 14.8. The molecule has 98 valence electrons. The van der Waals surface area contributed by atoms with Crippen LogP contribution in [0.4, 0.5) is 0 Å². The number of aliphatic hydroxyl groups is 1. The SMILES string of the molecule is CC(C)C(C)OCc1ccc(C#CCCO)cc1. The molecule has 0 fully saturated rings. The first-order chi connectivity index (χ1) is 8.63. The fourth-order valence-corrected chi connectivity index (χ4v) is 1.32. The van der Waals surface area contributed by atoms with Crippen molar-refractivity contribution in [2.24, 2.45) is 5.92 Å². The van der Waals surface area contributed by atoms with Crippen molar-refractivity contribution in [3.63, 3.8) is 0 Å². The predicted molar refractivity (Wildman–Crippen MR) is 74.1 cm³/mol. The topological polar surface area (TPSA) is 29.5 Å². The Morgan fingerprint density at radius 3 is 2.39 bits per heavy atom. The zero-order chi connectivity index (χ0) is 13.4. The van der Waals surface area contributed by atoms with Gasteiger partial charge in [0.1, 0.15) is 0 Å². The molecule has 0 amide bonds. The van der Waals surface area contributed by atoms with Crippen LogP contribution in [0.25, 0.3) is 0 Å². The molecule has 0 saturated carbocycles. The first-order valence-corrected chi connectivity index (χ1v) is 6.43. The molecule has 1 N–H and O–H groups in total. The van der Waals surface area contributed by atoms with Gasteiger partial charge in [0, 0.05) is 12.0 Å². The summed E-state index contributed by atoms with van der Waals surface area (Å²) in [5.74, 6) is 6.45. The van der Waals surface area contributed by atoms with E-state index in [0.29, 0.717) is 18.9 Å². The minimum Gasteiger partial charge on any atom is -0.395 e. The van der Waals surface area contributed by atoms with E-state index in [-0.39, 0.29) is 12.7 Å². The van der Waals surface area contributed by atoms with Crippen molar-refractivity contribution in [3.8, 4) is 11.8 Å². The molecule has 0 radical (unpaired) electrons. The Balaban J connectivity index is 2.48. The van der Waals surface area contributed by atoms with E-state index in [0.717, 1.165) is 11.1 Å². The van der Waals surface area contributed by atoms with Crippen molar-refractivity contribution in [1.29, 1.82) is 0 Å². The van der Waals surface area contributed by atoms with Crippen LogP contribution >= 0.6 is 0 Å². The number of rotatable bonds is 5. The van der Waals surface area contributed by atoms with Gasteiger partial charge in [0.15, 0.2) is 0 Å². The molecule has 0 aliphatic heterocycles. The van der Waals surface area contributed by atoms with E-state index in [2.05, 4.69) is 32.6 Å². The lowest BCUT2D eigenvalue weighted by Crippen LogP contribution is -2.14. The molecule has 1 atom stereocenters. The molecule has 1 aromatic rings. The summed E-state index contributed by atoms with van der Waals surface area (Å²) < 4.78 is 5.76. The van der Waals surface area contributed by atoms with E-state index in [1.54, 1.807) is 0 Å². The Morgan fingerprint density at radius 2 is 1.83 bits per heavy atom. The maximum absolute atomic E-state index is 8.64. The van der Waals surface area contributed by atoms with Crippen LogP contribution in [-0.2, 0) is 11.3 Å². The summed E-state index contributed by atoms with van der Waals surface area (Å²) in [6.07, 6.45) is 0.797. The fourth-order valence-electron chi connectivity index (χ4n) is 1.32. The molecule has 0 bridgehead atoms. The smallest absolute Gasteiger partial charge is 0.0720 e. The molecule has 2 heteroatoms. The molecule has 18 heavy (non-hydrogen) atoms. The molecule has 0 saturated heterocycles. The van der Waals surface area contributed by atoms with E-state index >= 15 is 0 Å². The van der Waals surface area contributed by atoms with Gasteiger partial charge in [0.2, 0.25) is 0 Å². The highest BCUT2D eigenvalue weighted by Gasteiger charge is 2.06. The van der Waals surface area contributed by atoms with Gasteiger partial charge in [-0.15, -0.1) is 0 Å². The van der Waals surface area contributed by atoms with Crippen LogP contribution in [0.2, 0.25) is 0 Å². The van der Waals surface area contributed by atoms with Crippen molar-refractivity contribution in [2.75, 3.05) is 6.61 Å². The lowest BCUT2D eigenvalue weighted by atomic mass is 10.1. The number of ether oxygens (including phenoxy) is 1. The highest BCUT2D eigenvalue weighted by Crippen LogP contribution is 2.10. The molecule has 2 nitrogen and oxygen atoms in total. The van der Waals surface area contributed by atoms with Crippen LogP contribution in [-0.4, -0.2) is 17.8 Å². The van der Waals surface area contributed by atoms with E-state index in [1.807, 2.05) is 24.3 Å². The molecule has 0 spiro atoms. The van der Waals surface area contributed by atoms with Gasteiger partial charge < -0.3 is 9.84 Å². The second-order valence-corrected chi connectivity index (χ2v) is 4.73. The van der Waals surface area contributed by atoms with E-state index < -0.39 is 0 Å². The molecule has 0 aliphatic carbocycles. The zero-order valence-electron chi connectivity index (χ0n) is 11.4. The minimum absolute atomic E-state index is 0.117. The molecule has 0 aliphatic rings. The number of hydrogen-bond acceptors (Lipinski definition) is 2. The monoisotopic (exact) mass is 246 g/mol. The van der Waals surface area contributed by atoms with Gasteiger partial charge in [0.05, 0.1) is 19.3 Å². The van der Waals surface area contributed by atoms with Crippen LogP contribution in [0.5, 0.6) is 0 Å². The van der Waals surface area contributed by atoms with E-state index in [1.165, 1.54) is 0 Å². The summed E-state index contributed by atoms with van der Waals surface area (Å²) in [4.78, 5) is 0. The summed E-state index contributed by atoms with van der Waals surface area (Å²) in [6.45, 7) is 7.17. The Bertz CT molecular complexity index is 395. The Morgan fingerprint density at radius 1 is 1.17 bits per heavy atom. The van der Waals surface area contributed by atoms with Crippen LogP contribution in [0.15, 0.2) is 24.3 Å². The Kier molecular flexibility index (Phi) is 6.49. The molecule has 1 aromatic carbocycles. The fraction of sp³-hybridized carbons (Fsp3) is 0.500. The summed E-state index contributed by atoms with van der Waals surface area (Å²) in [6, 6.07) is 8.05. The predicted octanol–water partition coefficient (Wildman–Crippen LogP) is 2.98. The summed E-state index contributed by atoms with van der Waals surface area (Å²) in [7, 11) is 0. The Hall–Kier alpha value is -1.30. The summed E-state index contributed by atoms with van der Waals surface area (Å²) >= 11 is 0. The van der Waals surface area contributed by atoms with Gasteiger partial charge in [-0.2, -0.15) is 0 Å². The lowest BCUT2D eigenvalue weighted by Gasteiger charge is -2.16. The second kappa shape index (κ2) is 7.92. The average Bonchev–Trinajstić information content (AvgIpc) is 2.37. The third-order valence-electron chi connectivity index (χ3n) is 2.88. The first-order valence-electron chi connectivity index (χ1n) is 6.43. The maximum Gasteiger partial charge on any atom is 0.0720 e. The summed E-state index contributed by atoms with van der Waals surface area (Å²) in [5, 5.41) is 8.64. The maximum atomic E-state index is 8.64. The van der Waals surface area contributed by atoms with Crippen LogP contribution in [0.1, 0.15) is 38.3 Å². The van der Waals surface area contributed by atoms with Crippen LogP contribution in [0, 0.1) is 17.8 Å². The highest BCUT2D eigenvalue weighted by molar-refractivity contribution is 5.35. The highest BCUT2D eigenvalue weighted by atomic mass is 16.5. The van der Waals surface area contributed by atoms with Gasteiger partial charge >= 0.3 is 0 Å². The van der Waals surface area contributed by atoms with Crippen molar-refractivity contribution in [3.05, 3.63) is 35.4 Å².